The van der Waals surface area contributed by atoms with Crippen LogP contribution in [0.3, 0.4) is 0 Å². The van der Waals surface area contributed by atoms with E-state index in [4.69, 9.17) is 5.26 Å². The molecule has 0 bridgehead atoms. The van der Waals surface area contributed by atoms with E-state index >= 15 is 0 Å². The normalized spacial score (nSPS) is 18.0. The molecule has 1 aromatic rings. The van der Waals surface area contributed by atoms with Crippen molar-refractivity contribution in [1.29, 1.82) is 5.26 Å². The number of rotatable bonds is 3. The van der Waals surface area contributed by atoms with Crippen LogP contribution in [0.5, 0.6) is 0 Å². The van der Waals surface area contributed by atoms with Crippen LogP contribution >= 0.6 is 0 Å². The SMILES string of the molecule is CC1(CNc2nc(C(F)(F)F)ccc2C#N)CCCCC1. The van der Waals surface area contributed by atoms with Crippen molar-refractivity contribution in [2.75, 3.05) is 11.9 Å². The van der Waals surface area contributed by atoms with E-state index < -0.39 is 11.9 Å². The van der Waals surface area contributed by atoms with Gasteiger partial charge in [-0.2, -0.15) is 18.4 Å². The summed E-state index contributed by atoms with van der Waals surface area (Å²) >= 11 is 0. The Labute approximate surface area is 122 Å². The molecule has 0 spiro atoms. The first-order valence-corrected chi connectivity index (χ1v) is 7.06. The zero-order valence-electron chi connectivity index (χ0n) is 11.9. The second-order valence-corrected chi connectivity index (χ2v) is 5.93. The van der Waals surface area contributed by atoms with Gasteiger partial charge in [-0.15, -0.1) is 0 Å². The number of alkyl halides is 3. The van der Waals surface area contributed by atoms with Gasteiger partial charge >= 0.3 is 6.18 Å². The van der Waals surface area contributed by atoms with E-state index in [0.29, 0.717) is 6.54 Å². The molecule has 0 amide bonds. The van der Waals surface area contributed by atoms with Crippen molar-refractivity contribution >= 4 is 5.82 Å². The van der Waals surface area contributed by atoms with Crippen LogP contribution in [-0.4, -0.2) is 11.5 Å². The predicted octanol–water partition coefficient (Wildman–Crippen LogP) is 4.35. The zero-order chi connectivity index (χ0) is 15.5. The number of hydrogen-bond acceptors (Lipinski definition) is 3. The third kappa shape index (κ3) is 3.87. The van der Waals surface area contributed by atoms with Crippen LogP contribution in [0.2, 0.25) is 0 Å². The van der Waals surface area contributed by atoms with Crippen molar-refractivity contribution in [2.24, 2.45) is 5.41 Å². The van der Waals surface area contributed by atoms with E-state index in [-0.39, 0.29) is 16.8 Å². The van der Waals surface area contributed by atoms with Crippen LogP contribution in [0.1, 0.15) is 50.3 Å². The highest BCUT2D eigenvalue weighted by molar-refractivity contribution is 5.52. The fraction of sp³-hybridized carbons (Fsp3) is 0.600. The summed E-state index contributed by atoms with van der Waals surface area (Å²) in [6.45, 7) is 2.66. The van der Waals surface area contributed by atoms with Gasteiger partial charge in [0, 0.05) is 6.54 Å². The molecule has 1 aliphatic rings. The number of pyridine rings is 1. The molecule has 0 radical (unpaired) electrons. The molecule has 1 fully saturated rings. The van der Waals surface area contributed by atoms with Crippen LogP contribution in [0.15, 0.2) is 12.1 Å². The van der Waals surface area contributed by atoms with Crippen LogP contribution < -0.4 is 5.32 Å². The number of anilines is 1. The average molecular weight is 297 g/mol. The van der Waals surface area contributed by atoms with E-state index in [2.05, 4.69) is 17.2 Å². The third-order valence-electron chi connectivity index (χ3n) is 4.05. The van der Waals surface area contributed by atoms with Gasteiger partial charge in [-0.05, 0) is 30.4 Å². The summed E-state index contributed by atoms with van der Waals surface area (Å²) in [6.07, 6.45) is 1.07. The number of nitrogens with zero attached hydrogens (tertiary/aromatic N) is 2. The number of nitriles is 1. The van der Waals surface area contributed by atoms with Crippen LogP contribution in [0.25, 0.3) is 0 Å². The Morgan fingerprint density at radius 3 is 2.52 bits per heavy atom. The molecule has 0 aliphatic heterocycles. The van der Waals surface area contributed by atoms with E-state index in [1.165, 1.54) is 12.5 Å². The maximum Gasteiger partial charge on any atom is 0.433 e. The van der Waals surface area contributed by atoms with Gasteiger partial charge in [-0.25, -0.2) is 4.98 Å². The standard InChI is InChI=1S/C15H18F3N3/c1-14(7-3-2-4-8-14)10-20-13-11(9-19)5-6-12(21-13)15(16,17)18/h5-6H,2-4,7-8,10H2,1H3,(H,20,21). The summed E-state index contributed by atoms with van der Waals surface area (Å²) in [5.41, 5.74) is -0.777. The van der Waals surface area contributed by atoms with Gasteiger partial charge in [0.1, 0.15) is 17.6 Å². The Morgan fingerprint density at radius 2 is 1.95 bits per heavy atom. The second-order valence-electron chi connectivity index (χ2n) is 5.93. The molecule has 1 aliphatic carbocycles. The fourth-order valence-electron chi connectivity index (χ4n) is 2.72. The van der Waals surface area contributed by atoms with E-state index in [9.17, 15) is 13.2 Å². The summed E-state index contributed by atoms with van der Waals surface area (Å²) in [5.74, 6) is 0.0270. The lowest BCUT2D eigenvalue weighted by Crippen LogP contribution is -2.29. The van der Waals surface area contributed by atoms with E-state index in [1.807, 2.05) is 6.07 Å². The van der Waals surface area contributed by atoms with Gasteiger partial charge in [0.15, 0.2) is 0 Å². The minimum absolute atomic E-state index is 0.0270. The molecule has 1 heterocycles. The molecule has 6 heteroatoms. The predicted molar refractivity (Wildman–Crippen MR) is 73.6 cm³/mol. The van der Waals surface area contributed by atoms with Gasteiger partial charge in [0.05, 0.1) is 5.56 Å². The Hall–Kier alpha value is -1.77. The largest absolute Gasteiger partial charge is 0.433 e. The molecule has 0 unspecified atom stereocenters. The van der Waals surface area contributed by atoms with Crippen molar-refractivity contribution in [2.45, 2.75) is 45.2 Å². The van der Waals surface area contributed by atoms with Gasteiger partial charge < -0.3 is 5.32 Å². The lowest BCUT2D eigenvalue weighted by molar-refractivity contribution is -0.141. The Bertz CT molecular complexity index is 540. The molecule has 1 aromatic heterocycles. The topological polar surface area (TPSA) is 48.7 Å². The molecular weight excluding hydrogens is 279 g/mol. The molecule has 3 nitrogen and oxygen atoms in total. The van der Waals surface area contributed by atoms with Gasteiger partial charge in [-0.3, -0.25) is 0 Å². The zero-order valence-corrected chi connectivity index (χ0v) is 11.9. The van der Waals surface area contributed by atoms with Crippen LogP contribution in [0, 0.1) is 16.7 Å². The number of halogens is 3. The Kier molecular flexibility index (Phi) is 4.40. The molecule has 114 valence electrons. The maximum absolute atomic E-state index is 12.7. The van der Waals surface area contributed by atoms with E-state index in [0.717, 1.165) is 31.7 Å². The van der Waals surface area contributed by atoms with Crippen LogP contribution in [-0.2, 0) is 6.18 Å². The first-order valence-electron chi connectivity index (χ1n) is 7.06. The number of hydrogen-bond donors (Lipinski definition) is 1. The second kappa shape index (κ2) is 5.92. The molecule has 0 atom stereocenters. The van der Waals surface area contributed by atoms with Crippen molar-refractivity contribution in [3.05, 3.63) is 23.4 Å². The van der Waals surface area contributed by atoms with Crippen LogP contribution in [0.4, 0.5) is 19.0 Å². The molecule has 1 saturated carbocycles. The van der Waals surface area contributed by atoms with Crippen molar-refractivity contribution in [3.63, 3.8) is 0 Å². The minimum Gasteiger partial charge on any atom is -0.368 e. The molecular formula is C15H18F3N3. The quantitative estimate of drug-likeness (QED) is 0.902. The lowest BCUT2D eigenvalue weighted by atomic mass is 9.76. The van der Waals surface area contributed by atoms with E-state index in [1.54, 1.807) is 0 Å². The van der Waals surface area contributed by atoms with Crippen molar-refractivity contribution in [1.82, 2.24) is 4.98 Å². The molecule has 0 aromatic carbocycles. The summed E-state index contributed by atoms with van der Waals surface area (Å²) in [7, 11) is 0. The highest BCUT2D eigenvalue weighted by atomic mass is 19.4. The number of aromatic nitrogens is 1. The summed E-state index contributed by atoms with van der Waals surface area (Å²) in [4.78, 5) is 3.57. The Morgan fingerprint density at radius 1 is 1.29 bits per heavy atom. The number of nitrogens with one attached hydrogen (secondary N) is 1. The summed E-state index contributed by atoms with van der Waals surface area (Å²) in [6, 6.07) is 3.89. The first kappa shape index (κ1) is 15.6. The fourth-order valence-corrected chi connectivity index (χ4v) is 2.72. The Balaban J connectivity index is 2.16. The smallest absolute Gasteiger partial charge is 0.368 e. The highest BCUT2D eigenvalue weighted by Crippen LogP contribution is 2.36. The molecule has 2 rings (SSSR count). The average Bonchev–Trinajstić information content (AvgIpc) is 2.44. The lowest BCUT2D eigenvalue weighted by Gasteiger charge is -2.34. The van der Waals surface area contributed by atoms with Gasteiger partial charge in [-0.1, -0.05) is 26.2 Å². The van der Waals surface area contributed by atoms with Gasteiger partial charge in [0.25, 0.3) is 0 Å². The van der Waals surface area contributed by atoms with Crippen molar-refractivity contribution in [3.8, 4) is 6.07 Å². The van der Waals surface area contributed by atoms with Gasteiger partial charge in [0.2, 0.25) is 0 Å². The first-order chi connectivity index (χ1) is 9.84. The maximum atomic E-state index is 12.7. The molecule has 21 heavy (non-hydrogen) atoms. The third-order valence-corrected chi connectivity index (χ3v) is 4.05. The minimum atomic E-state index is -4.50. The summed E-state index contributed by atoms with van der Waals surface area (Å²) < 4.78 is 38.1. The van der Waals surface area contributed by atoms with Crippen molar-refractivity contribution < 1.29 is 13.2 Å². The highest BCUT2D eigenvalue weighted by Gasteiger charge is 2.33. The summed E-state index contributed by atoms with van der Waals surface area (Å²) in [5, 5.41) is 12.0. The monoisotopic (exact) mass is 297 g/mol. The molecule has 0 saturated heterocycles. The molecule has 1 N–H and O–H groups in total.